The molecule has 6 heteroatoms. The minimum atomic E-state index is -0.424. The highest BCUT2D eigenvalue weighted by Crippen LogP contribution is 2.37. The average molecular weight is 300 g/mol. The Labute approximate surface area is 127 Å². The van der Waals surface area contributed by atoms with Gasteiger partial charge in [0.2, 0.25) is 0 Å². The smallest absolute Gasteiger partial charge is 0.319 e. The van der Waals surface area contributed by atoms with Crippen LogP contribution < -0.4 is 20.1 Å². The van der Waals surface area contributed by atoms with Crippen molar-refractivity contribution in [3.63, 3.8) is 0 Å². The van der Waals surface area contributed by atoms with Crippen LogP contribution in [0.25, 0.3) is 0 Å². The van der Waals surface area contributed by atoms with Gasteiger partial charge in [-0.3, -0.25) is 4.79 Å². The Kier molecular flexibility index (Phi) is 3.03. The van der Waals surface area contributed by atoms with E-state index in [4.69, 9.17) is 9.47 Å². The zero-order valence-electron chi connectivity index (χ0n) is 12.0. The number of nitrogens with one attached hydrogen (secondary N) is 2. The molecule has 0 saturated carbocycles. The highest BCUT2D eigenvalue weighted by Gasteiger charge is 2.34. The minimum Gasteiger partial charge on any atom is -0.486 e. The number of urea groups is 1. The van der Waals surface area contributed by atoms with Gasteiger partial charge in [-0.25, -0.2) is 4.79 Å². The Balaban J connectivity index is 1.77. The van der Waals surface area contributed by atoms with Crippen molar-refractivity contribution in [2.24, 2.45) is 0 Å². The maximum Gasteiger partial charge on any atom is 0.319 e. The van der Waals surface area contributed by atoms with Crippen LogP contribution in [-0.4, -0.2) is 25.0 Å². The molecular weight excluding hydrogens is 284 g/mol. The highest BCUT2D eigenvalue weighted by molar-refractivity contribution is 6.01. The standard InChI is InChI=1S/C16H16N2O4/c19-11-3-1-2-10-14(11)15(18-16(20)17-10)9-4-5-12-13(8-9)22-7-6-21-12/h4-5,8,15H,1-3,6-7H2,(H2,17,18,20). The van der Waals surface area contributed by atoms with Crippen LogP contribution in [-0.2, 0) is 4.79 Å². The molecule has 114 valence electrons. The van der Waals surface area contributed by atoms with E-state index in [0.29, 0.717) is 36.7 Å². The Hall–Kier alpha value is -2.50. The largest absolute Gasteiger partial charge is 0.486 e. The van der Waals surface area contributed by atoms with Crippen LogP contribution in [0.2, 0.25) is 0 Å². The number of ether oxygens (including phenoxy) is 2. The average Bonchev–Trinajstić information content (AvgIpc) is 2.53. The lowest BCUT2D eigenvalue weighted by Gasteiger charge is -2.32. The second kappa shape index (κ2) is 5.05. The number of hydrogen-bond acceptors (Lipinski definition) is 4. The van der Waals surface area contributed by atoms with E-state index >= 15 is 0 Å². The van der Waals surface area contributed by atoms with Crippen LogP contribution >= 0.6 is 0 Å². The van der Waals surface area contributed by atoms with Gasteiger partial charge in [0.05, 0.1) is 6.04 Å². The number of ketones is 1. The lowest BCUT2D eigenvalue weighted by atomic mass is 9.85. The summed E-state index contributed by atoms with van der Waals surface area (Å²) in [5.41, 5.74) is 2.25. The number of amides is 2. The summed E-state index contributed by atoms with van der Waals surface area (Å²) >= 11 is 0. The molecule has 1 unspecified atom stereocenters. The molecule has 0 fully saturated rings. The van der Waals surface area contributed by atoms with E-state index in [1.165, 1.54) is 0 Å². The lowest BCUT2D eigenvalue weighted by molar-refractivity contribution is -0.116. The van der Waals surface area contributed by atoms with E-state index in [1.807, 2.05) is 18.2 Å². The fourth-order valence-corrected chi connectivity index (χ4v) is 3.19. The summed E-state index contributed by atoms with van der Waals surface area (Å²) in [4.78, 5) is 24.2. The maximum absolute atomic E-state index is 12.3. The number of carbonyl (C=O) groups excluding carboxylic acids is 2. The zero-order chi connectivity index (χ0) is 15.1. The molecule has 0 radical (unpaired) electrons. The van der Waals surface area contributed by atoms with Gasteiger partial charge in [0.1, 0.15) is 13.2 Å². The van der Waals surface area contributed by atoms with Crippen molar-refractivity contribution in [2.45, 2.75) is 25.3 Å². The summed E-state index contributed by atoms with van der Waals surface area (Å²) in [6, 6.07) is 4.85. The van der Waals surface area contributed by atoms with Crippen molar-refractivity contribution in [1.29, 1.82) is 0 Å². The first kappa shape index (κ1) is 13.2. The summed E-state index contributed by atoms with van der Waals surface area (Å²) in [6.45, 7) is 1.03. The minimum absolute atomic E-state index is 0.0913. The van der Waals surface area contributed by atoms with Gasteiger partial charge in [0.25, 0.3) is 0 Å². The first-order valence-corrected chi connectivity index (χ1v) is 7.46. The fraction of sp³-hybridized carbons (Fsp3) is 0.375. The summed E-state index contributed by atoms with van der Waals surface area (Å²) in [5.74, 6) is 1.44. The van der Waals surface area contributed by atoms with E-state index in [2.05, 4.69) is 10.6 Å². The Morgan fingerprint density at radius 2 is 1.86 bits per heavy atom. The molecule has 4 rings (SSSR count). The van der Waals surface area contributed by atoms with Crippen molar-refractivity contribution >= 4 is 11.8 Å². The van der Waals surface area contributed by atoms with Gasteiger partial charge in [-0.05, 0) is 30.5 Å². The third-order valence-electron chi connectivity index (χ3n) is 4.18. The molecule has 6 nitrogen and oxygen atoms in total. The Morgan fingerprint density at radius 1 is 1.05 bits per heavy atom. The molecule has 1 aromatic rings. The predicted octanol–water partition coefficient (Wildman–Crippen LogP) is 1.82. The van der Waals surface area contributed by atoms with Gasteiger partial charge < -0.3 is 20.1 Å². The van der Waals surface area contributed by atoms with Crippen LogP contribution in [0.4, 0.5) is 4.79 Å². The van der Waals surface area contributed by atoms with Gasteiger partial charge in [-0.2, -0.15) is 0 Å². The van der Waals surface area contributed by atoms with Crippen LogP contribution in [0.1, 0.15) is 30.9 Å². The molecular formula is C16H16N2O4. The third-order valence-corrected chi connectivity index (χ3v) is 4.18. The number of carbonyl (C=O) groups is 2. The summed E-state index contributed by atoms with van der Waals surface area (Å²) in [6.07, 6.45) is 2.04. The molecule has 0 bridgehead atoms. The first-order valence-electron chi connectivity index (χ1n) is 7.46. The van der Waals surface area contributed by atoms with E-state index in [9.17, 15) is 9.59 Å². The second-order valence-electron chi connectivity index (χ2n) is 5.60. The number of fused-ring (bicyclic) bond motifs is 1. The maximum atomic E-state index is 12.3. The third kappa shape index (κ3) is 2.11. The molecule has 3 aliphatic rings. The fourth-order valence-electron chi connectivity index (χ4n) is 3.19. The number of hydrogen-bond donors (Lipinski definition) is 2. The molecule has 1 atom stereocenters. The van der Waals surface area contributed by atoms with E-state index in [-0.39, 0.29) is 11.8 Å². The van der Waals surface area contributed by atoms with Crippen LogP contribution in [0, 0.1) is 0 Å². The Morgan fingerprint density at radius 3 is 2.73 bits per heavy atom. The number of benzene rings is 1. The summed E-state index contributed by atoms with van der Waals surface area (Å²) in [7, 11) is 0. The zero-order valence-corrected chi connectivity index (χ0v) is 12.0. The van der Waals surface area contributed by atoms with Crippen molar-refractivity contribution in [1.82, 2.24) is 10.6 Å². The monoisotopic (exact) mass is 300 g/mol. The topological polar surface area (TPSA) is 76.7 Å². The van der Waals surface area contributed by atoms with Crippen molar-refractivity contribution in [3.05, 3.63) is 35.0 Å². The summed E-state index contributed by atoms with van der Waals surface area (Å²) < 4.78 is 11.1. The molecule has 2 N–H and O–H groups in total. The lowest BCUT2D eigenvalue weighted by Crippen LogP contribution is -2.46. The molecule has 0 aromatic heterocycles. The molecule has 2 amide bonds. The van der Waals surface area contributed by atoms with Crippen molar-refractivity contribution in [2.75, 3.05) is 13.2 Å². The second-order valence-corrected chi connectivity index (χ2v) is 5.60. The normalized spacial score (nSPS) is 23.5. The molecule has 1 aromatic carbocycles. The number of Topliss-reactive ketones (excluding diaryl/α,β-unsaturated/α-hetero) is 1. The van der Waals surface area contributed by atoms with E-state index in [0.717, 1.165) is 24.1 Å². The highest BCUT2D eigenvalue weighted by atomic mass is 16.6. The summed E-state index contributed by atoms with van der Waals surface area (Å²) in [5, 5.41) is 5.61. The van der Waals surface area contributed by atoms with Crippen molar-refractivity contribution in [3.8, 4) is 11.5 Å². The van der Waals surface area contributed by atoms with Crippen LogP contribution in [0.5, 0.6) is 11.5 Å². The van der Waals surface area contributed by atoms with E-state index in [1.54, 1.807) is 0 Å². The molecule has 0 spiro atoms. The first-order chi connectivity index (χ1) is 10.7. The molecule has 22 heavy (non-hydrogen) atoms. The van der Waals surface area contributed by atoms with Crippen molar-refractivity contribution < 1.29 is 19.1 Å². The van der Waals surface area contributed by atoms with Crippen LogP contribution in [0.15, 0.2) is 29.5 Å². The SMILES string of the molecule is O=C1NC2=C(C(=O)CCC2)C(c2ccc3c(c2)OCCO3)N1. The molecule has 2 heterocycles. The van der Waals surface area contributed by atoms with Gasteiger partial charge in [-0.15, -0.1) is 0 Å². The molecule has 0 saturated heterocycles. The number of rotatable bonds is 1. The van der Waals surface area contributed by atoms with E-state index < -0.39 is 6.04 Å². The van der Waals surface area contributed by atoms with Gasteiger partial charge >= 0.3 is 6.03 Å². The van der Waals surface area contributed by atoms with Gasteiger partial charge in [-0.1, -0.05) is 6.07 Å². The van der Waals surface area contributed by atoms with Gasteiger partial charge in [0.15, 0.2) is 17.3 Å². The quantitative estimate of drug-likeness (QED) is 0.829. The Bertz CT molecular complexity index is 695. The molecule has 2 aliphatic heterocycles. The van der Waals surface area contributed by atoms with Crippen LogP contribution in [0.3, 0.4) is 0 Å². The predicted molar refractivity (Wildman–Crippen MR) is 77.7 cm³/mol. The van der Waals surface area contributed by atoms with Gasteiger partial charge in [0, 0.05) is 17.7 Å². The number of allylic oxidation sites excluding steroid dienone is 1. The molecule has 1 aliphatic carbocycles.